The first-order valence-corrected chi connectivity index (χ1v) is 10.5. The van der Waals surface area contributed by atoms with Crippen molar-refractivity contribution in [3.63, 3.8) is 0 Å². The first kappa shape index (κ1) is 20.9. The fraction of sp³-hybridized carbons (Fsp3) is 0.348. The molecule has 4 rings (SSSR count). The summed E-state index contributed by atoms with van der Waals surface area (Å²) in [5.41, 5.74) is 0.473. The number of hydrogen-bond donors (Lipinski definition) is 1. The van der Waals surface area contributed by atoms with Crippen molar-refractivity contribution in [2.24, 2.45) is 7.05 Å². The van der Waals surface area contributed by atoms with E-state index < -0.39 is 0 Å². The lowest BCUT2D eigenvalue weighted by molar-refractivity contribution is 0.102. The lowest BCUT2D eigenvalue weighted by Gasteiger charge is -2.35. The molecule has 0 aliphatic carbocycles. The number of pyridine rings is 1. The van der Waals surface area contributed by atoms with Gasteiger partial charge in [0.25, 0.3) is 5.91 Å². The summed E-state index contributed by atoms with van der Waals surface area (Å²) < 4.78 is 7.62. The Morgan fingerprint density at radius 1 is 1.13 bits per heavy atom. The smallest absolute Gasteiger partial charge is 0.257 e. The maximum atomic E-state index is 13.0. The van der Waals surface area contributed by atoms with Gasteiger partial charge in [0.2, 0.25) is 5.88 Å². The van der Waals surface area contributed by atoms with E-state index in [0.29, 0.717) is 34.9 Å². The summed E-state index contributed by atoms with van der Waals surface area (Å²) in [7, 11) is 5.98. The lowest BCUT2D eigenvalue weighted by atomic mass is 10.0. The molecular weight excluding hydrogens is 392 g/mol. The molecule has 2 aromatic heterocycles. The van der Waals surface area contributed by atoms with Crippen LogP contribution in [0.4, 0.5) is 11.6 Å². The van der Waals surface area contributed by atoms with E-state index in [0.717, 1.165) is 25.9 Å². The molecule has 1 amide bonds. The second-order valence-electron chi connectivity index (χ2n) is 7.94. The van der Waals surface area contributed by atoms with E-state index >= 15 is 0 Å². The van der Waals surface area contributed by atoms with E-state index in [2.05, 4.69) is 27.3 Å². The number of carbonyl (C=O) groups excluding carboxylic acids is 1. The van der Waals surface area contributed by atoms with E-state index in [1.54, 1.807) is 23.0 Å². The molecule has 8 nitrogen and oxygen atoms in total. The van der Waals surface area contributed by atoms with Crippen LogP contribution in [-0.2, 0) is 7.05 Å². The van der Waals surface area contributed by atoms with Crippen LogP contribution < -0.4 is 15.0 Å². The second kappa shape index (κ2) is 9.18. The Bertz CT molecular complexity index is 1030. The number of nitrogens with one attached hydrogen (secondary N) is 1. The Hall–Kier alpha value is -3.39. The molecule has 0 saturated carbocycles. The van der Waals surface area contributed by atoms with Gasteiger partial charge < -0.3 is 19.9 Å². The third-order valence-electron chi connectivity index (χ3n) is 5.57. The van der Waals surface area contributed by atoms with Crippen molar-refractivity contribution < 1.29 is 9.53 Å². The van der Waals surface area contributed by atoms with Crippen molar-refractivity contribution in [2.45, 2.75) is 18.9 Å². The number of ether oxygens (including phenoxy) is 1. The zero-order chi connectivity index (χ0) is 21.8. The van der Waals surface area contributed by atoms with E-state index in [9.17, 15) is 4.79 Å². The van der Waals surface area contributed by atoms with Crippen LogP contribution in [0.25, 0.3) is 0 Å². The highest BCUT2D eigenvalue weighted by Gasteiger charge is 2.23. The molecule has 3 heterocycles. The number of aryl methyl sites for hydroxylation is 1. The number of benzene rings is 1. The van der Waals surface area contributed by atoms with Gasteiger partial charge in [0.15, 0.2) is 5.82 Å². The van der Waals surface area contributed by atoms with Gasteiger partial charge in [-0.25, -0.2) is 0 Å². The number of anilines is 2. The third kappa shape index (κ3) is 5.21. The van der Waals surface area contributed by atoms with Crippen LogP contribution in [-0.4, -0.2) is 58.8 Å². The quantitative estimate of drug-likeness (QED) is 0.659. The number of piperidine rings is 1. The molecule has 1 fully saturated rings. The van der Waals surface area contributed by atoms with Gasteiger partial charge in [0.05, 0.1) is 0 Å². The van der Waals surface area contributed by atoms with Gasteiger partial charge in [-0.2, -0.15) is 10.1 Å². The Morgan fingerprint density at radius 3 is 2.55 bits per heavy atom. The van der Waals surface area contributed by atoms with Crippen molar-refractivity contribution in [2.75, 3.05) is 37.4 Å². The highest BCUT2D eigenvalue weighted by atomic mass is 16.5. The van der Waals surface area contributed by atoms with E-state index in [1.807, 2.05) is 50.5 Å². The minimum Gasteiger partial charge on any atom is -0.439 e. The predicted molar refractivity (Wildman–Crippen MR) is 121 cm³/mol. The number of carbonyl (C=O) groups is 1. The maximum absolute atomic E-state index is 13.0. The molecule has 0 unspecified atom stereocenters. The molecule has 0 radical (unpaired) electrons. The monoisotopic (exact) mass is 420 g/mol. The van der Waals surface area contributed by atoms with Gasteiger partial charge in [-0.15, -0.1) is 0 Å². The van der Waals surface area contributed by atoms with Crippen LogP contribution in [0.2, 0.25) is 0 Å². The molecular formula is C23H28N6O2. The Labute approximate surface area is 182 Å². The zero-order valence-electron chi connectivity index (χ0n) is 18.2. The summed E-state index contributed by atoms with van der Waals surface area (Å²) in [6, 6.07) is 15.1. The number of hydrogen-bond acceptors (Lipinski definition) is 6. The molecule has 31 heavy (non-hydrogen) atoms. The normalized spacial score (nSPS) is 14.9. The van der Waals surface area contributed by atoms with Crippen LogP contribution in [0.5, 0.6) is 11.6 Å². The summed E-state index contributed by atoms with van der Waals surface area (Å²) in [5.74, 6) is 2.02. The number of rotatable bonds is 6. The number of likely N-dealkylation sites (tertiary alicyclic amines) is 1. The molecule has 0 atom stereocenters. The fourth-order valence-electron chi connectivity index (χ4n) is 3.70. The van der Waals surface area contributed by atoms with Crippen LogP contribution in [0.1, 0.15) is 23.2 Å². The molecule has 8 heteroatoms. The highest BCUT2D eigenvalue weighted by molar-refractivity contribution is 6.04. The van der Waals surface area contributed by atoms with Crippen LogP contribution in [0, 0.1) is 0 Å². The first-order chi connectivity index (χ1) is 15.0. The van der Waals surface area contributed by atoms with E-state index in [1.165, 1.54) is 0 Å². The Balaban J connectivity index is 1.62. The average molecular weight is 421 g/mol. The standard InChI is InChI=1S/C23H28N6O2/c1-27-12-9-18(10-13-27)29(3)21-15-17(23(30)24-20-11-14-28(2)26-20)16-22(25-21)31-19-7-5-4-6-8-19/h4-8,11,14-16,18H,9-10,12-13H2,1-3H3,(H,24,26,30). The van der Waals surface area contributed by atoms with E-state index in [-0.39, 0.29) is 5.91 Å². The number of para-hydroxylation sites is 1. The largest absolute Gasteiger partial charge is 0.439 e. The lowest BCUT2D eigenvalue weighted by Crippen LogP contribution is -2.42. The predicted octanol–water partition coefficient (Wildman–Crippen LogP) is 3.39. The van der Waals surface area contributed by atoms with Gasteiger partial charge in [-0.3, -0.25) is 9.48 Å². The van der Waals surface area contributed by atoms with Crippen molar-refractivity contribution in [1.29, 1.82) is 0 Å². The Kier molecular flexibility index (Phi) is 6.18. The molecule has 1 N–H and O–H groups in total. The van der Waals surface area contributed by atoms with Crippen LogP contribution >= 0.6 is 0 Å². The summed E-state index contributed by atoms with van der Waals surface area (Å²) >= 11 is 0. The van der Waals surface area contributed by atoms with Crippen molar-refractivity contribution in [3.8, 4) is 11.6 Å². The molecule has 1 saturated heterocycles. The fourth-order valence-corrected chi connectivity index (χ4v) is 3.70. The van der Waals surface area contributed by atoms with Crippen LogP contribution in [0.3, 0.4) is 0 Å². The molecule has 1 aliphatic heterocycles. The first-order valence-electron chi connectivity index (χ1n) is 10.5. The number of aromatic nitrogens is 3. The summed E-state index contributed by atoms with van der Waals surface area (Å²) in [6.07, 6.45) is 3.88. The van der Waals surface area contributed by atoms with Crippen molar-refractivity contribution >= 4 is 17.5 Å². The minimum absolute atomic E-state index is 0.253. The van der Waals surface area contributed by atoms with Gasteiger partial charge in [-0.05, 0) is 51.2 Å². The minimum atomic E-state index is -0.253. The highest BCUT2D eigenvalue weighted by Crippen LogP contribution is 2.27. The molecule has 1 aromatic carbocycles. The van der Waals surface area contributed by atoms with Crippen molar-refractivity contribution in [1.82, 2.24) is 19.7 Å². The molecule has 1 aliphatic rings. The van der Waals surface area contributed by atoms with Gasteiger partial charge in [0.1, 0.15) is 11.6 Å². The topological polar surface area (TPSA) is 75.5 Å². The zero-order valence-corrected chi connectivity index (χ0v) is 18.2. The number of nitrogens with zero attached hydrogens (tertiary/aromatic N) is 5. The molecule has 162 valence electrons. The van der Waals surface area contributed by atoms with Gasteiger partial charge in [-0.1, -0.05) is 18.2 Å². The third-order valence-corrected chi connectivity index (χ3v) is 5.57. The van der Waals surface area contributed by atoms with E-state index in [4.69, 9.17) is 9.72 Å². The maximum Gasteiger partial charge on any atom is 0.257 e. The van der Waals surface area contributed by atoms with Gasteiger partial charge in [0, 0.05) is 44.0 Å². The van der Waals surface area contributed by atoms with Crippen molar-refractivity contribution in [3.05, 3.63) is 60.3 Å². The summed E-state index contributed by atoms with van der Waals surface area (Å²) in [6.45, 7) is 2.09. The summed E-state index contributed by atoms with van der Waals surface area (Å²) in [4.78, 5) is 22.1. The molecule has 3 aromatic rings. The van der Waals surface area contributed by atoms with Crippen LogP contribution in [0.15, 0.2) is 54.7 Å². The second-order valence-corrected chi connectivity index (χ2v) is 7.94. The Morgan fingerprint density at radius 2 is 1.87 bits per heavy atom. The van der Waals surface area contributed by atoms with Gasteiger partial charge >= 0.3 is 0 Å². The average Bonchev–Trinajstić information content (AvgIpc) is 3.18. The molecule has 0 bridgehead atoms. The number of amides is 1. The molecule has 0 spiro atoms. The summed E-state index contributed by atoms with van der Waals surface area (Å²) in [5, 5.41) is 7.07. The SMILES string of the molecule is CN1CCC(N(C)c2cc(C(=O)Nc3ccn(C)n3)cc(Oc3ccccc3)n2)CC1.